The predicted octanol–water partition coefficient (Wildman–Crippen LogP) is 5.84. The summed E-state index contributed by atoms with van der Waals surface area (Å²) in [4.78, 5) is 4.41. The molecule has 0 fully saturated rings. The lowest BCUT2D eigenvalue weighted by molar-refractivity contribution is 0.181. The quantitative estimate of drug-likeness (QED) is 0.291. The molecule has 0 aliphatic rings. The van der Waals surface area contributed by atoms with E-state index in [0.717, 1.165) is 16.5 Å². The maximum absolute atomic E-state index is 13.0. The molecule has 28 heavy (non-hydrogen) atoms. The summed E-state index contributed by atoms with van der Waals surface area (Å²) in [5, 5.41) is 9.96. The number of para-hydroxylation sites is 1. The highest BCUT2D eigenvalue weighted by Gasteiger charge is 2.17. The highest BCUT2D eigenvalue weighted by atomic mass is 35.5. The minimum absolute atomic E-state index is 0.321. The van der Waals surface area contributed by atoms with Gasteiger partial charge in [0.1, 0.15) is 16.7 Å². The molecule has 0 N–H and O–H groups in total. The molecule has 1 atom stereocenters. The zero-order chi connectivity index (χ0) is 19.5. The Hall–Kier alpha value is -2.64. The summed E-state index contributed by atoms with van der Waals surface area (Å²) in [6.45, 7) is 1.79. The predicted molar refractivity (Wildman–Crippen MR) is 106 cm³/mol. The molecule has 5 nitrogen and oxygen atoms in total. The summed E-state index contributed by atoms with van der Waals surface area (Å²) in [6, 6.07) is 15.6. The molecule has 8 heteroatoms. The van der Waals surface area contributed by atoms with Crippen molar-refractivity contribution < 1.29 is 13.5 Å². The van der Waals surface area contributed by atoms with E-state index in [1.165, 1.54) is 23.9 Å². The topological polar surface area (TPSA) is 61.0 Å². The number of benzene rings is 2. The van der Waals surface area contributed by atoms with Crippen LogP contribution in [-0.4, -0.2) is 15.2 Å². The van der Waals surface area contributed by atoms with Crippen molar-refractivity contribution in [3.63, 3.8) is 0 Å². The molecular formula is C20H15ClFN3O2S. The first-order valence-electron chi connectivity index (χ1n) is 8.51. The summed E-state index contributed by atoms with van der Waals surface area (Å²) in [7, 11) is 0. The van der Waals surface area contributed by atoms with Gasteiger partial charge in [-0.1, -0.05) is 41.6 Å². The van der Waals surface area contributed by atoms with Crippen molar-refractivity contribution in [1.82, 2.24) is 15.2 Å². The van der Waals surface area contributed by atoms with Crippen molar-refractivity contribution in [2.45, 2.75) is 24.0 Å². The standard InChI is InChI=1S/C20H15ClFN3O2S/c1-12(26-16-8-6-15(22)7-9-16)19-24-25-20(27-19)28-11-14-10-13-4-2-3-5-17(13)23-18(14)21/h2-10,12H,11H2,1H3/t12-/m0/s1. The second kappa shape index (κ2) is 8.16. The molecule has 0 radical (unpaired) electrons. The van der Waals surface area contributed by atoms with Crippen LogP contribution in [0.15, 0.2) is 64.2 Å². The number of fused-ring (bicyclic) bond motifs is 1. The molecule has 0 bridgehead atoms. The monoisotopic (exact) mass is 415 g/mol. The zero-order valence-corrected chi connectivity index (χ0v) is 16.4. The molecule has 4 rings (SSSR count). The van der Waals surface area contributed by atoms with Gasteiger partial charge in [0.05, 0.1) is 5.52 Å². The van der Waals surface area contributed by atoms with Gasteiger partial charge in [-0.3, -0.25) is 0 Å². The molecular weight excluding hydrogens is 401 g/mol. The number of ether oxygens (including phenoxy) is 1. The number of hydrogen-bond donors (Lipinski definition) is 0. The molecule has 2 aromatic carbocycles. The van der Waals surface area contributed by atoms with E-state index in [9.17, 15) is 4.39 Å². The van der Waals surface area contributed by atoms with E-state index < -0.39 is 6.10 Å². The van der Waals surface area contributed by atoms with Crippen molar-refractivity contribution in [3.8, 4) is 5.75 Å². The highest BCUT2D eigenvalue weighted by Crippen LogP contribution is 2.29. The average molecular weight is 416 g/mol. The van der Waals surface area contributed by atoms with Crippen molar-refractivity contribution >= 4 is 34.3 Å². The van der Waals surface area contributed by atoms with Gasteiger partial charge < -0.3 is 9.15 Å². The van der Waals surface area contributed by atoms with Crippen molar-refractivity contribution in [2.24, 2.45) is 0 Å². The van der Waals surface area contributed by atoms with Crippen LogP contribution in [0.2, 0.25) is 5.15 Å². The van der Waals surface area contributed by atoms with E-state index in [-0.39, 0.29) is 5.82 Å². The molecule has 0 saturated heterocycles. The molecule has 2 heterocycles. The van der Waals surface area contributed by atoms with Crippen molar-refractivity contribution in [3.05, 3.63) is 77.0 Å². The van der Waals surface area contributed by atoms with Crippen LogP contribution in [0.5, 0.6) is 5.75 Å². The van der Waals surface area contributed by atoms with Gasteiger partial charge in [-0.15, -0.1) is 10.2 Å². The number of halogens is 2. The maximum atomic E-state index is 13.0. The number of thioether (sulfide) groups is 1. The smallest absolute Gasteiger partial charge is 0.277 e. The van der Waals surface area contributed by atoms with Crippen LogP contribution < -0.4 is 4.74 Å². The fourth-order valence-electron chi connectivity index (χ4n) is 2.59. The van der Waals surface area contributed by atoms with Gasteiger partial charge in [0, 0.05) is 16.7 Å². The fourth-order valence-corrected chi connectivity index (χ4v) is 3.62. The van der Waals surface area contributed by atoms with E-state index in [2.05, 4.69) is 15.2 Å². The molecule has 0 amide bonds. The second-order valence-electron chi connectivity index (χ2n) is 6.04. The summed E-state index contributed by atoms with van der Waals surface area (Å²) in [6.07, 6.45) is -0.460. The molecule has 0 saturated carbocycles. The Labute approximate surface area is 169 Å². The van der Waals surface area contributed by atoms with Crippen LogP contribution >= 0.6 is 23.4 Å². The van der Waals surface area contributed by atoms with Gasteiger partial charge in [0.2, 0.25) is 0 Å². The van der Waals surface area contributed by atoms with Crippen LogP contribution in [0, 0.1) is 5.82 Å². The minimum Gasteiger partial charge on any atom is -0.481 e. The maximum Gasteiger partial charge on any atom is 0.277 e. The first kappa shape index (κ1) is 18.7. The van der Waals surface area contributed by atoms with Gasteiger partial charge in [0.25, 0.3) is 11.1 Å². The molecule has 4 aromatic rings. The van der Waals surface area contributed by atoms with Gasteiger partial charge in [-0.25, -0.2) is 9.37 Å². The lowest BCUT2D eigenvalue weighted by Crippen LogP contribution is -2.03. The first-order chi connectivity index (χ1) is 13.6. The Morgan fingerprint density at radius 1 is 1.14 bits per heavy atom. The van der Waals surface area contributed by atoms with Gasteiger partial charge in [0.15, 0.2) is 6.10 Å². The molecule has 142 valence electrons. The summed E-state index contributed by atoms with van der Waals surface area (Å²) in [5.74, 6) is 1.09. The number of nitrogens with zero attached hydrogens (tertiary/aromatic N) is 3. The lowest BCUT2D eigenvalue weighted by Gasteiger charge is -2.10. The van der Waals surface area contributed by atoms with Gasteiger partial charge in [-0.2, -0.15) is 0 Å². The van der Waals surface area contributed by atoms with Crippen molar-refractivity contribution in [1.29, 1.82) is 0 Å². The lowest BCUT2D eigenvalue weighted by atomic mass is 10.2. The van der Waals surface area contributed by atoms with Crippen LogP contribution in [0.25, 0.3) is 10.9 Å². The largest absolute Gasteiger partial charge is 0.481 e. The zero-order valence-electron chi connectivity index (χ0n) is 14.8. The highest BCUT2D eigenvalue weighted by molar-refractivity contribution is 7.98. The average Bonchev–Trinajstić information content (AvgIpc) is 3.17. The second-order valence-corrected chi connectivity index (χ2v) is 7.32. The van der Waals surface area contributed by atoms with E-state index in [4.69, 9.17) is 20.8 Å². The van der Waals surface area contributed by atoms with Gasteiger partial charge in [-0.05, 0) is 43.3 Å². The Morgan fingerprint density at radius 2 is 1.93 bits per heavy atom. The third-order valence-corrected chi connectivity index (χ3v) is 5.19. The Morgan fingerprint density at radius 3 is 2.75 bits per heavy atom. The van der Waals surface area contributed by atoms with E-state index in [1.807, 2.05) is 30.3 Å². The van der Waals surface area contributed by atoms with Crippen LogP contribution in [0.3, 0.4) is 0 Å². The summed E-state index contributed by atoms with van der Waals surface area (Å²) < 4.78 is 24.3. The number of rotatable bonds is 6. The van der Waals surface area contributed by atoms with E-state index in [1.54, 1.807) is 19.1 Å². The summed E-state index contributed by atoms with van der Waals surface area (Å²) >= 11 is 7.66. The molecule has 0 aliphatic carbocycles. The van der Waals surface area contributed by atoms with Crippen LogP contribution in [0.1, 0.15) is 24.5 Å². The number of pyridine rings is 1. The van der Waals surface area contributed by atoms with Gasteiger partial charge >= 0.3 is 0 Å². The Kier molecular flexibility index (Phi) is 5.45. The fraction of sp³-hybridized carbons (Fsp3) is 0.150. The third-order valence-electron chi connectivity index (χ3n) is 4.00. The number of aromatic nitrogens is 3. The van der Waals surface area contributed by atoms with Crippen LogP contribution in [0.4, 0.5) is 4.39 Å². The molecule has 2 aromatic heterocycles. The third kappa shape index (κ3) is 4.26. The minimum atomic E-state index is -0.460. The first-order valence-corrected chi connectivity index (χ1v) is 9.87. The molecule has 0 spiro atoms. The summed E-state index contributed by atoms with van der Waals surface area (Å²) in [5.41, 5.74) is 1.74. The van der Waals surface area contributed by atoms with E-state index >= 15 is 0 Å². The van der Waals surface area contributed by atoms with Crippen LogP contribution in [-0.2, 0) is 5.75 Å². The molecule has 0 unspecified atom stereocenters. The molecule has 0 aliphatic heterocycles. The number of hydrogen-bond acceptors (Lipinski definition) is 6. The Bertz CT molecular complexity index is 1100. The van der Waals surface area contributed by atoms with Crippen molar-refractivity contribution in [2.75, 3.05) is 0 Å². The Balaban J connectivity index is 1.42. The van der Waals surface area contributed by atoms with E-state index in [0.29, 0.717) is 27.8 Å². The normalized spacial score (nSPS) is 12.2. The SMILES string of the molecule is C[C@H](Oc1ccc(F)cc1)c1nnc(SCc2cc3ccccc3nc2Cl)o1.